The van der Waals surface area contributed by atoms with Crippen molar-refractivity contribution in [3.8, 4) is 22.9 Å². The van der Waals surface area contributed by atoms with Gasteiger partial charge in [0.05, 0.1) is 36.2 Å². The third kappa shape index (κ3) is 6.44. The smallest absolute Gasteiger partial charge is 0.259 e. The van der Waals surface area contributed by atoms with Crippen molar-refractivity contribution >= 4 is 17.5 Å². The summed E-state index contributed by atoms with van der Waals surface area (Å²) in [4.78, 5) is 30.4. The number of carbonyl (C=O) groups is 2. The van der Waals surface area contributed by atoms with E-state index in [1.165, 1.54) is 7.11 Å². The van der Waals surface area contributed by atoms with Crippen LogP contribution in [0.4, 0.5) is 5.69 Å². The number of hydrogen-bond donors (Lipinski definition) is 2. The fourth-order valence-corrected chi connectivity index (χ4v) is 4.54. The maximum absolute atomic E-state index is 13.4. The van der Waals surface area contributed by atoms with Gasteiger partial charge in [-0.3, -0.25) is 14.6 Å². The number of carbonyl (C=O) groups excluding carboxylic acids is 2. The Labute approximate surface area is 229 Å². The van der Waals surface area contributed by atoms with Gasteiger partial charge in [-0.15, -0.1) is 0 Å². The number of aryl methyl sites for hydroxylation is 1. The predicted molar refractivity (Wildman–Crippen MR) is 150 cm³/mol. The number of methoxy groups -OCH3 is 1. The number of hydrogen-bond acceptors (Lipinski definition) is 6. The van der Waals surface area contributed by atoms with Gasteiger partial charge in [0.1, 0.15) is 11.8 Å². The fourth-order valence-electron chi connectivity index (χ4n) is 4.54. The van der Waals surface area contributed by atoms with E-state index < -0.39 is 5.91 Å². The summed E-state index contributed by atoms with van der Waals surface area (Å²) in [7, 11) is 1.45. The lowest BCUT2D eigenvalue weighted by atomic mass is 9.84. The van der Waals surface area contributed by atoms with Gasteiger partial charge in [0.2, 0.25) is 0 Å². The maximum Gasteiger partial charge on any atom is 0.259 e. The zero-order valence-corrected chi connectivity index (χ0v) is 23.1. The number of benzene rings is 2. The molecule has 0 aliphatic carbocycles. The van der Waals surface area contributed by atoms with Gasteiger partial charge >= 0.3 is 0 Å². The topological polar surface area (TPSA) is 113 Å². The van der Waals surface area contributed by atoms with E-state index in [-0.39, 0.29) is 28.7 Å². The minimum atomic E-state index is -0.399. The Bertz CT molecular complexity index is 1410. The Morgan fingerprint density at radius 2 is 1.90 bits per heavy atom. The predicted octanol–water partition coefficient (Wildman–Crippen LogP) is 5.40. The molecule has 1 aliphatic heterocycles. The van der Waals surface area contributed by atoms with Crippen LogP contribution >= 0.6 is 0 Å². The Morgan fingerprint density at radius 1 is 1.15 bits per heavy atom. The molecule has 1 fully saturated rings. The molecule has 1 atom stereocenters. The fraction of sp³-hybridized carbons (Fsp3) is 0.355. The average molecular weight is 527 g/mol. The number of pyridine rings is 1. The molecule has 202 valence electrons. The number of nitrogens with one attached hydrogen (secondary N) is 2. The minimum absolute atomic E-state index is 0.0855. The van der Waals surface area contributed by atoms with Gasteiger partial charge in [-0.25, -0.2) is 0 Å². The molecule has 2 aromatic carbocycles. The molecule has 39 heavy (non-hydrogen) atoms. The largest absolute Gasteiger partial charge is 0.495 e. The van der Waals surface area contributed by atoms with Crippen molar-refractivity contribution in [3.63, 3.8) is 0 Å². The molecule has 1 saturated heterocycles. The lowest BCUT2D eigenvalue weighted by molar-refractivity contribution is 0.0857. The number of anilines is 1. The summed E-state index contributed by atoms with van der Waals surface area (Å²) in [6, 6.07) is 14.8. The number of nitrogens with zero attached hydrogens (tertiary/aromatic N) is 2. The van der Waals surface area contributed by atoms with Crippen LogP contribution in [0.3, 0.4) is 0 Å². The Kier molecular flexibility index (Phi) is 8.32. The lowest BCUT2D eigenvalue weighted by Crippen LogP contribution is -2.31. The number of nitriles is 1. The van der Waals surface area contributed by atoms with Crippen molar-refractivity contribution < 1.29 is 19.1 Å². The quantitative estimate of drug-likeness (QED) is 0.426. The van der Waals surface area contributed by atoms with E-state index in [1.54, 1.807) is 30.5 Å². The summed E-state index contributed by atoms with van der Waals surface area (Å²) in [6.45, 7) is 9.20. The Hall–Kier alpha value is -4.22. The zero-order valence-electron chi connectivity index (χ0n) is 23.1. The van der Waals surface area contributed by atoms with Crippen LogP contribution in [-0.4, -0.2) is 43.2 Å². The molecule has 1 aromatic heterocycles. The second kappa shape index (κ2) is 11.7. The van der Waals surface area contributed by atoms with Crippen molar-refractivity contribution in [1.29, 1.82) is 5.26 Å². The standard InChI is InChI=1S/C31H34N4O4/c1-19-26(20-8-10-21(11-9-20)29(36)34-18-25-7-6-12-39-25)15-24(17-33-19)35-30(37)27-14-23(31(2,3)4)13-22(16-32)28(27)38-5/h8-11,13-15,17,25H,6-7,12,18H2,1-5H3,(H,34,36)(H,35,37). The monoisotopic (exact) mass is 526 g/mol. The minimum Gasteiger partial charge on any atom is -0.495 e. The van der Waals surface area contributed by atoms with Gasteiger partial charge in [-0.2, -0.15) is 5.26 Å². The molecule has 0 spiro atoms. The normalized spacial score (nSPS) is 14.9. The number of ether oxygens (including phenoxy) is 2. The molecule has 2 heterocycles. The van der Waals surface area contributed by atoms with Gasteiger partial charge in [0.25, 0.3) is 11.8 Å². The Morgan fingerprint density at radius 3 is 2.51 bits per heavy atom. The van der Waals surface area contributed by atoms with Crippen LogP contribution in [0.15, 0.2) is 48.7 Å². The van der Waals surface area contributed by atoms with Gasteiger partial charge in [0, 0.05) is 30.0 Å². The molecule has 8 nitrogen and oxygen atoms in total. The van der Waals surface area contributed by atoms with Crippen LogP contribution in [0.1, 0.15) is 71.1 Å². The van der Waals surface area contributed by atoms with Crippen molar-refractivity contribution in [2.24, 2.45) is 0 Å². The second-order valence-electron chi connectivity index (χ2n) is 10.7. The summed E-state index contributed by atoms with van der Waals surface area (Å²) in [6.07, 6.45) is 3.67. The van der Waals surface area contributed by atoms with E-state index in [0.717, 1.165) is 41.8 Å². The highest BCUT2D eigenvalue weighted by atomic mass is 16.5. The van der Waals surface area contributed by atoms with Crippen molar-refractivity contribution in [2.45, 2.75) is 52.1 Å². The maximum atomic E-state index is 13.4. The van der Waals surface area contributed by atoms with E-state index in [9.17, 15) is 14.9 Å². The first-order chi connectivity index (χ1) is 18.6. The molecule has 0 bridgehead atoms. The van der Waals surface area contributed by atoms with Crippen LogP contribution in [-0.2, 0) is 10.2 Å². The van der Waals surface area contributed by atoms with Gasteiger partial charge < -0.3 is 20.1 Å². The molecule has 0 saturated carbocycles. The number of aromatic nitrogens is 1. The first kappa shape index (κ1) is 27.8. The van der Waals surface area contributed by atoms with Crippen LogP contribution in [0.2, 0.25) is 0 Å². The number of amides is 2. The number of rotatable bonds is 7. The van der Waals surface area contributed by atoms with Gasteiger partial charge in [-0.05, 0) is 66.6 Å². The van der Waals surface area contributed by atoms with Crippen LogP contribution in [0.25, 0.3) is 11.1 Å². The van der Waals surface area contributed by atoms with E-state index >= 15 is 0 Å². The molecule has 2 amide bonds. The molecule has 1 unspecified atom stereocenters. The molecular weight excluding hydrogens is 492 g/mol. The Balaban J connectivity index is 1.55. The second-order valence-corrected chi connectivity index (χ2v) is 10.7. The molecule has 0 radical (unpaired) electrons. The van der Waals surface area contributed by atoms with Gasteiger partial charge in [-0.1, -0.05) is 32.9 Å². The first-order valence-corrected chi connectivity index (χ1v) is 13.0. The summed E-state index contributed by atoms with van der Waals surface area (Å²) in [5.41, 5.74) is 4.71. The SMILES string of the molecule is COc1c(C#N)cc(C(C)(C)C)cc1C(=O)Nc1cnc(C)c(-c2ccc(C(=O)NCC3CCCO3)cc2)c1. The average Bonchev–Trinajstić information content (AvgIpc) is 3.45. The highest BCUT2D eigenvalue weighted by Crippen LogP contribution is 2.32. The first-order valence-electron chi connectivity index (χ1n) is 13.0. The molecule has 2 N–H and O–H groups in total. The zero-order chi connectivity index (χ0) is 28.2. The third-order valence-corrected chi connectivity index (χ3v) is 6.84. The lowest BCUT2D eigenvalue weighted by Gasteiger charge is -2.22. The third-order valence-electron chi connectivity index (χ3n) is 6.84. The highest BCUT2D eigenvalue weighted by molar-refractivity contribution is 6.07. The molecule has 3 aromatic rings. The van der Waals surface area contributed by atoms with Crippen molar-refractivity contribution in [3.05, 3.63) is 76.6 Å². The summed E-state index contributed by atoms with van der Waals surface area (Å²) in [5.74, 6) is -0.308. The van der Waals surface area contributed by atoms with E-state index in [4.69, 9.17) is 9.47 Å². The molecular formula is C31H34N4O4. The summed E-state index contributed by atoms with van der Waals surface area (Å²) in [5, 5.41) is 15.5. The van der Waals surface area contributed by atoms with Crippen LogP contribution in [0, 0.1) is 18.3 Å². The molecule has 1 aliphatic rings. The summed E-state index contributed by atoms with van der Waals surface area (Å²) >= 11 is 0. The van der Waals surface area contributed by atoms with Crippen molar-refractivity contribution in [2.75, 3.05) is 25.6 Å². The van der Waals surface area contributed by atoms with Crippen molar-refractivity contribution in [1.82, 2.24) is 10.3 Å². The van der Waals surface area contributed by atoms with Gasteiger partial charge in [0.15, 0.2) is 0 Å². The van der Waals surface area contributed by atoms with E-state index in [2.05, 4.69) is 21.7 Å². The molecule has 8 heteroatoms. The van der Waals surface area contributed by atoms with Crippen LogP contribution in [0.5, 0.6) is 5.75 Å². The molecule has 4 rings (SSSR count). The van der Waals surface area contributed by atoms with E-state index in [1.807, 2.05) is 45.9 Å². The summed E-state index contributed by atoms with van der Waals surface area (Å²) < 4.78 is 11.0. The highest BCUT2D eigenvalue weighted by Gasteiger charge is 2.23. The van der Waals surface area contributed by atoms with Crippen LogP contribution < -0.4 is 15.4 Å². The van der Waals surface area contributed by atoms with E-state index in [0.29, 0.717) is 23.4 Å².